The Morgan fingerprint density at radius 2 is 1.95 bits per heavy atom. The van der Waals surface area contributed by atoms with Crippen molar-refractivity contribution in [2.24, 2.45) is 0 Å². The summed E-state index contributed by atoms with van der Waals surface area (Å²) >= 11 is 3.29. The van der Waals surface area contributed by atoms with Crippen molar-refractivity contribution in [1.82, 2.24) is 9.21 Å². The van der Waals surface area contributed by atoms with Crippen LogP contribution >= 0.6 is 15.9 Å². The van der Waals surface area contributed by atoms with Crippen molar-refractivity contribution >= 4 is 26.0 Å². The van der Waals surface area contributed by atoms with E-state index in [-0.39, 0.29) is 17.5 Å². The van der Waals surface area contributed by atoms with E-state index in [2.05, 4.69) is 15.9 Å². The smallest absolute Gasteiger partial charge is 0.243 e. The predicted molar refractivity (Wildman–Crippen MR) is 76.4 cm³/mol. The van der Waals surface area contributed by atoms with Gasteiger partial charge in [-0.25, -0.2) is 8.42 Å². The number of halogens is 1. The third kappa shape index (κ3) is 3.17. The number of sulfonamides is 1. The lowest BCUT2D eigenvalue weighted by molar-refractivity contribution is 0.107. The molecule has 2 rings (SSSR count). The third-order valence-electron chi connectivity index (χ3n) is 3.26. The van der Waals surface area contributed by atoms with Crippen LogP contribution in [0.2, 0.25) is 0 Å². The monoisotopic (exact) mass is 348 g/mol. The molecule has 0 saturated carbocycles. The standard InChI is InChI=1S/C12H17BrN2O3S/c1-14-6-7-15(11(8-14)9-16)19(17,18)12-4-2-10(13)3-5-12/h2-5,11,16H,6-9H2,1H3/t11-/m1/s1. The van der Waals surface area contributed by atoms with E-state index < -0.39 is 10.0 Å². The topological polar surface area (TPSA) is 60.9 Å². The lowest BCUT2D eigenvalue weighted by Gasteiger charge is -2.38. The Labute approximate surface area is 122 Å². The van der Waals surface area contributed by atoms with Gasteiger partial charge in [0, 0.05) is 24.1 Å². The second-order valence-electron chi connectivity index (χ2n) is 4.67. The summed E-state index contributed by atoms with van der Waals surface area (Å²) in [6.07, 6.45) is 0. The molecular weight excluding hydrogens is 332 g/mol. The van der Waals surface area contributed by atoms with Crippen molar-refractivity contribution in [2.45, 2.75) is 10.9 Å². The van der Waals surface area contributed by atoms with Crippen LogP contribution < -0.4 is 0 Å². The highest BCUT2D eigenvalue weighted by Gasteiger charge is 2.34. The Morgan fingerprint density at radius 1 is 1.32 bits per heavy atom. The summed E-state index contributed by atoms with van der Waals surface area (Å²) in [6, 6.07) is 6.18. The van der Waals surface area contributed by atoms with Crippen LogP contribution in [0.15, 0.2) is 33.6 Å². The minimum absolute atomic E-state index is 0.167. The quantitative estimate of drug-likeness (QED) is 0.875. The highest BCUT2D eigenvalue weighted by molar-refractivity contribution is 9.10. The molecule has 1 aromatic rings. The van der Waals surface area contributed by atoms with Crippen LogP contribution in [0.3, 0.4) is 0 Å². The second kappa shape index (κ2) is 5.88. The summed E-state index contributed by atoms with van der Waals surface area (Å²) in [6.45, 7) is 1.46. The molecule has 1 aromatic carbocycles. The number of aliphatic hydroxyl groups excluding tert-OH is 1. The van der Waals surface area contributed by atoms with Gasteiger partial charge in [0.15, 0.2) is 0 Å². The van der Waals surface area contributed by atoms with Gasteiger partial charge in [-0.15, -0.1) is 0 Å². The summed E-state index contributed by atoms with van der Waals surface area (Å²) in [5.41, 5.74) is 0. The van der Waals surface area contributed by atoms with Crippen molar-refractivity contribution in [3.63, 3.8) is 0 Å². The Bertz CT molecular complexity index is 532. The van der Waals surface area contributed by atoms with Crippen molar-refractivity contribution in [2.75, 3.05) is 33.3 Å². The first-order valence-electron chi connectivity index (χ1n) is 6.02. The number of benzene rings is 1. The molecule has 0 unspecified atom stereocenters. The van der Waals surface area contributed by atoms with Crippen LogP contribution in [-0.2, 0) is 10.0 Å². The zero-order chi connectivity index (χ0) is 14.0. The molecule has 1 aliphatic heterocycles. The Morgan fingerprint density at radius 3 is 2.53 bits per heavy atom. The average molecular weight is 349 g/mol. The maximum atomic E-state index is 12.6. The number of hydrogen-bond donors (Lipinski definition) is 1. The maximum absolute atomic E-state index is 12.6. The van der Waals surface area contributed by atoms with Crippen LogP contribution in [0.4, 0.5) is 0 Å². The highest BCUT2D eigenvalue weighted by Crippen LogP contribution is 2.22. The molecule has 0 bridgehead atoms. The molecule has 1 fully saturated rings. The second-order valence-corrected chi connectivity index (χ2v) is 7.47. The van der Waals surface area contributed by atoms with Crippen LogP contribution in [0.25, 0.3) is 0 Å². The fourth-order valence-corrected chi connectivity index (χ4v) is 4.06. The van der Waals surface area contributed by atoms with Gasteiger partial charge in [0.2, 0.25) is 10.0 Å². The SMILES string of the molecule is CN1CCN(S(=O)(=O)c2ccc(Br)cc2)[C@@H](CO)C1. The van der Waals surface area contributed by atoms with E-state index in [1.807, 2.05) is 11.9 Å². The number of rotatable bonds is 3. The van der Waals surface area contributed by atoms with Crippen molar-refractivity contribution in [1.29, 1.82) is 0 Å². The highest BCUT2D eigenvalue weighted by atomic mass is 79.9. The number of hydrogen-bond acceptors (Lipinski definition) is 4. The van der Waals surface area contributed by atoms with Gasteiger partial charge in [-0.05, 0) is 31.3 Å². The van der Waals surface area contributed by atoms with E-state index in [9.17, 15) is 13.5 Å². The zero-order valence-electron chi connectivity index (χ0n) is 10.7. The van der Waals surface area contributed by atoms with Crippen LogP contribution in [-0.4, -0.2) is 62.1 Å². The first-order valence-corrected chi connectivity index (χ1v) is 8.25. The molecule has 0 spiro atoms. The summed E-state index contributed by atoms with van der Waals surface area (Å²) in [5, 5.41) is 9.39. The van der Waals surface area contributed by atoms with E-state index in [0.29, 0.717) is 19.6 Å². The minimum atomic E-state index is -3.54. The fraction of sp³-hybridized carbons (Fsp3) is 0.500. The van der Waals surface area contributed by atoms with E-state index in [0.717, 1.165) is 4.47 Å². The van der Waals surface area contributed by atoms with Gasteiger partial charge in [-0.3, -0.25) is 0 Å². The van der Waals surface area contributed by atoms with Gasteiger partial charge < -0.3 is 10.0 Å². The van der Waals surface area contributed by atoms with Crippen LogP contribution in [0.5, 0.6) is 0 Å². The normalized spacial score (nSPS) is 22.6. The summed E-state index contributed by atoms with van der Waals surface area (Å²) < 4.78 is 27.3. The first-order chi connectivity index (χ1) is 8.95. The van der Waals surface area contributed by atoms with Gasteiger partial charge in [0.25, 0.3) is 0 Å². The van der Waals surface area contributed by atoms with Crippen molar-refractivity contribution in [3.8, 4) is 0 Å². The molecule has 106 valence electrons. The first kappa shape index (κ1) is 14.9. The van der Waals surface area contributed by atoms with Crippen LogP contribution in [0, 0.1) is 0 Å². The molecule has 0 aliphatic carbocycles. The molecule has 0 aromatic heterocycles. The minimum Gasteiger partial charge on any atom is -0.395 e. The van der Waals surface area contributed by atoms with Gasteiger partial charge in [0.05, 0.1) is 17.5 Å². The molecule has 1 saturated heterocycles. The lowest BCUT2D eigenvalue weighted by Crippen LogP contribution is -2.55. The Kier molecular flexibility index (Phi) is 4.62. The molecule has 1 atom stereocenters. The Balaban J connectivity index is 2.30. The van der Waals surface area contributed by atoms with Gasteiger partial charge in [0.1, 0.15) is 0 Å². The fourth-order valence-electron chi connectivity index (χ4n) is 2.20. The van der Waals surface area contributed by atoms with Gasteiger partial charge >= 0.3 is 0 Å². The number of aliphatic hydroxyl groups is 1. The summed E-state index contributed by atoms with van der Waals surface area (Å²) in [7, 11) is -1.61. The molecule has 1 aliphatic rings. The van der Waals surface area contributed by atoms with Crippen molar-refractivity contribution < 1.29 is 13.5 Å². The number of likely N-dealkylation sites (N-methyl/N-ethyl adjacent to an activating group) is 1. The number of nitrogens with zero attached hydrogens (tertiary/aromatic N) is 2. The molecule has 1 heterocycles. The average Bonchev–Trinajstić information content (AvgIpc) is 2.38. The molecule has 5 nitrogen and oxygen atoms in total. The molecular formula is C12H17BrN2O3S. The third-order valence-corrected chi connectivity index (χ3v) is 5.76. The van der Waals surface area contributed by atoms with E-state index in [4.69, 9.17) is 0 Å². The molecule has 19 heavy (non-hydrogen) atoms. The van der Waals surface area contributed by atoms with E-state index >= 15 is 0 Å². The largest absolute Gasteiger partial charge is 0.395 e. The molecule has 0 amide bonds. The van der Waals surface area contributed by atoms with Crippen LogP contribution in [0.1, 0.15) is 0 Å². The Hall–Kier alpha value is -0.470. The van der Waals surface area contributed by atoms with E-state index in [1.54, 1.807) is 24.3 Å². The summed E-state index contributed by atoms with van der Waals surface area (Å²) in [4.78, 5) is 2.28. The predicted octanol–water partition coefficient (Wildman–Crippen LogP) is 0.746. The summed E-state index contributed by atoms with van der Waals surface area (Å²) in [5.74, 6) is 0. The zero-order valence-corrected chi connectivity index (χ0v) is 13.1. The molecule has 1 N–H and O–H groups in total. The van der Waals surface area contributed by atoms with Gasteiger partial charge in [-0.1, -0.05) is 15.9 Å². The van der Waals surface area contributed by atoms with Gasteiger partial charge in [-0.2, -0.15) is 4.31 Å². The number of piperazine rings is 1. The molecule has 7 heteroatoms. The van der Waals surface area contributed by atoms with Crippen molar-refractivity contribution in [3.05, 3.63) is 28.7 Å². The lowest BCUT2D eigenvalue weighted by atomic mass is 10.2. The van der Waals surface area contributed by atoms with E-state index in [1.165, 1.54) is 4.31 Å². The molecule has 0 radical (unpaired) electrons. The maximum Gasteiger partial charge on any atom is 0.243 e.